The Kier molecular flexibility index (Phi) is 4.20. The highest BCUT2D eigenvalue weighted by Crippen LogP contribution is 2.29. The summed E-state index contributed by atoms with van der Waals surface area (Å²) in [7, 11) is -3.66. The van der Waals surface area contributed by atoms with Crippen LogP contribution in [0.4, 0.5) is 5.69 Å². The van der Waals surface area contributed by atoms with Crippen molar-refractivity contribution < 1.29 is 8.42 Å². The molecule has 0 aliphatic heterocycles. The number of aromatic nitrogens is 4. The summed E-state index contributed by atoms with van der Waals surface area (Å²) < 4.78 is 28.1. The third-order valence-electron chi connectivity index (χ3n) is 4.08. The summed E-state index contributed by atoms with van der Waals surface area (Å²) in [6.07, 6.45) is 1.51. The second-order valence-electron chi connectivity index (χ2n) is 6.23. The van der Waals surface area contributed by atoms with Gasteiger partial charge >= 0.3 is 0 Å². The molecular formula is C18H17N5O2S2. The SMILES string of the molecule is Cc1cc2c(-c3ccc(NS(=O)(=O)c4sc(C)nc4C)cc3)ncnc2[nH]1. The topological polar surface area (TPSA) is 101 Å². The maximum Gasteiger partial charge on any atom is 0.273 e. The summed E-state index contributed by atoms with van der Waals surface area (Å²) in [4.78, 5) is 16.0. The standard InChI is InChI=1S/C18H17N5O2S2/c1-10-8-15-16(19-9-20-17(15)21-10)13-4-6-14(7-5-13)23-27(24,25)18-11(2)22-12(3)26-18/h4-9,23H,1-3H3,(H,19,20,21). The zero-order chi connectivity index (χ0) is 19.2. The van der Waals surface area contributed by atoms with Crippen LogP contribution in [0.1, 0.15) is 16.4 Å². The Morgan fingerprint density at radius 3 is 2.48 bits per heavy atom. The van der Waals surface area contributed by atoms with E-state index in [0.717, 1.165) is 44.3 Å². The molecule has 0 unspecified atom stereocenters. The van der Waals surface area contributed by atoms with Gasteiger partial charge in [-0.15, -0.1) is 11.3 Å². The van der Waals surface area contributed by atoms with Gasteiger partial charge in [0, 0.05) is 22.3 Å². The van der Waals surface area contributed by atoms with Gasteiger partial charge in [-0.3, -0.25) is 4.72 Å². The molecule has 7 nitrogen and oxygen atoms in total. The number of fused-ring (bicyclic) bond motifs is 1. The van der Waals surface area contributed by atoms with Crippen molar-refractivity contribution in [3.8, 4) is 11.3 Å². The van der Waals surface area contributed by atoms with Crippen molar-refractivity contribution in [1.82, 2.24) is 19.9 Å². The first kappa shape index (κ1) is 17.6. The Morgan fingerprint density at radius 1 is 1.07 bits per heavy atom. The average molecular weight is 400 g/mol. The molecule has 0 radical (unpaired) electrons. The molecule has 0 fully saturated rings. The molecule has 0 spiro atoms. The summed E-state index contributed by atoms with van der Waals surface area (Å²) in [6.45, 7) is 5.45. The van der Waals surface area contributed by atoms with Crippen LogP contribution < -0.4 is 4.72 Å². The van der Waals surface area contributed by atoms with Gasteiger partial charge in [0.1, 0.15) is 12.0 Å². The normalized spacial score (nSPS) is 11.8. The van der Waals surface area contributed by atoms with Crippen molar-refractivity contribution in [2.45, 2.75) is 25.0 Å². The molecule has 4 aromatic rings. The molecule has 1 aromatic carbocycles. The number of anilines is 1. The lowest BCUT2D eigenvalue weighted by atomic mass is 10.1. The fourth-order valence-electron chi connectivity index (χ4n) is 2.96. The van der Waals surface area contributed by atoms with E-state index >= 15 is 0 Å². The van der Waals surface area contributed by atoms with Gasteiger partial charge in [-0.2, -0.15) is 0 Å². The van der Waals surface area contributed by atoms with Crippen LogP contribution in [0.5, 0.6) is 0 Å². The predicted octanol–water partition coefficient (Wildman–Crippen LogP) is 3.81. The first-order chi connectivity index (χ1) is 12.8. The summed E-state index contributed by atoms with van der Waals surface area (Å²) >= 11 is 1.16. The average Bonchev–Trinajstić information content (AvgIpc) is 3.16. The van der Waals surface area contributed by atoms with Crippen LogP contribution in [0.2, 0.25) is 0 Å². The molecule has 3 aromatic heterocycles. The van der Waals surface area contributed by atoms with Crippen molar-refractivity contribution >= 4 is 38.1 Å². The summed E-state index contributed by atoms with van der Waals surface area (Å²) in [6, 6.07) is 9.13. The van der Waals surface area contributed by atoms with Crippen LogP contribution in [-0.4, -0.2) is 28.4 Å². The highest BCUT2D eigenvalue weighted by molar-refractivity contribution is 7.94. The number of aromatic amines is 1. The van der Waals surface area contributed by atoms with Crippen LogP contribution in [0.15, 0.2) is 40.9 Å². The van der Waals surface area contributed by atoms with Crippen LogP contribution >= 0.6 is 11.3 Å². The van der Waals surface area contributed by atoms with Gasteiger partial charge in [-0.05, 0) is 39.0 Å². The van der Waals surface area contributed by atoms with E-state index in [-0.39, 0.29) is 4.21 Å². The van der Waals surface area contributed by atoms with Crippen molar-refractivity contribution in [2.24, 2.45) is 0 Å². The summed E-state index contributed by atoms with van der Waals surface area (Å²) in [5.74, 6) is 0. The molecule has 0 saturated carbocycles. The third-order valence-corrected chi connectivity index (χ3v) is 7.14. The largest absolute Gasteiger partial charge is 0.343 e. The van der Waals surface area contributed by atoms with Gasteiger partial charge < -0.3 is 4.98 Å². The molecule has 2 N–H and O–H groups in total. The summed E-state index contributed by atoms with van der Waals surface area (Å²) in [5, 5.41) is 1.65. The number of aryl methyl sites for hydroxylation is 3. The molecule has 4 rings (SSSR count). The Morgan fingerprint density at radius 2 is 1.81 bits per heavy atom. The molecule has 0 aliphatic carbocycles. The van der Waals surface area contributed by atoms with Crippen molar-refractivity contribution in [1.29, 1.82) is 0 Å². The van der Waals surface area contributed by atoms with Crippen molar-refractivity contribution in [2.75, 3.05) is 4.72 Å². The number of hydrogen-bond acceptors (Lipinski definition) is 6. The highest BCUT2D eigenvalue weighted by atomic mass is 32.2. The van der Waals surface area contributed by atoms with E-state index in [1.54, 1.807) is 26.0 Å². The van der Waals surface area contributed by atoms with E-state index in [9.17, 15) is 8.42 Å². The smallest absolute Gasteiger partial charge is 0.273 e. The Bertz CT molecular complexity index is 1240. The molecule has 138 valence electrons. The molecule has 0 amide bonds. The lowest BCUT2D eigenvalue weighted by Crippen LogP contribution is -2.12. The number of hydrogen-bond donors (Lipinski definition) is 2. The first-order valence-electron chi connectivity index (χ1n) is 8.21. The van der Waals surface area contributed by atoms with E-state index in [2.05, 4.69) is 24.7 Å². The molecule has 27 heavy (non-hydrogen) atoms. The van der Waals surface area contributed by atoms with E-state index in [0.29, 0.717) is 11.4 Å². The Hall–Kier alpha value is -2.78. The van der Waals surface area contributed by atoms with Crippen molar-refractivity contribution in [3.05, 3.63) is 53.1 Å². The lowest BCUT2D eigenvalue weighted by Gasteiger charge is -2.08. The van der Waals surface area contributed by atoms with E-state index < -0.39 is 10.0 Å². The van der Waals surface area contributed by atoms with Gasteiger partial charge in [-0.25, -0.2) is 23.4 Å². The quantitative estimate of drug-likeness (QED) is 0.543. The number of rotatable bonds is 4. The molecule has 0 atom stereocenters. The van der Waals surface area contributed by atoms with Gasteiger partial charge in [-0.1, -0.05) is 12.1 Å². The first-order valence-corrected chi connectivity index (χ1v) is 10.5. The molecule has 3 heterocycles. The minimum absolute atomic E-state index is 0.240. The number of benzene rings is 1. The van der Waals surface area contributed by atoms with Crippen LogP contribution in [-0.2, 0) is 10.0 Å². The van der Waals surface area contributed by atoms with Gasteiger partial charge in [0.25, 0.3) is 10.0 Å². The summed E-state index contributed by atoms with van der Waals surface area (Å²) in [5.41, 5.74) is 4.46. The maximum atomic E-state index is 12.6. The fraction of sp³-hybridized carbons (Fsp3) is 0.167. The van der Waals surface area contributed by atoms with E-state index in [1.165, 1.54) is 6.33 Å². The Labute approximate surface area is 160 Å². The number of thiazole rings is 1. The third kappa shape index (κ3) is 3.31. The van der Waals surface area contributed by atoms with Crippen molar-refractivity contribution in [3.63, 3.8) is 0 Å². The predicted molar refractivity (Wildman–Crippen MR) is 106 cm³/mol. The highest BCUT2D eigenvalue weighted by Gasteiger charge is 2.21. The number of sulfonamides is 1. The zero-order valence-electron chi connectivity index (χ0n) is 14.9. The lowest BCUT2D eigenvalue weighted by molar-refractivity contribution is 0.602. The minimum Gasteiger partial charge on any atom is -0.343 e. The molecule has 0 saturated heterocycles. The minimum atomic E-state index is -3.66. The maximum absolute atomic E-state index is 12.6. The second kappa shape index (κ2) is 6.43. The molecule has 0 aliphatic rings. The molecule has 9 heteroatoms. The van der Waals surface area contributed by atoms with Crippen LogP contribution in [0.25, 0.3) is 22.3 Å². The van der Waals surface area contributed by atoms with Crippen LogP contribution in [0, 0.1) is 20.8 Å². The second-order valence-corrected chi connectivity index (χ2v) is 9.31. The van der Waals surface area contributed by atoms with Gasteiger partial charge in [0.2, 0.25) is 0 Å². The molecule has 0 bridgehead atoms. The Balaban J connectivity index is 1.65. The molecular weight excluding hydrogens is 382 g/mol. The number of nitrogens with zero attached hydrogens (tertiary/aromatic N) is 3. The number of nitrogens with one attached hydrogen (secondary N) is 2. The van der Waals surface area contributed by atoms with Gasteiger partial charge in [0.05, 0.1) is 16.4 Å². The fourth-order valence-corrected chi connectivity index (χ4v) is 5.50. The van der Waals surface area contributed by atoms with E-state index in [4.69, 9.17) is 0 Å². The van der Waals surface area contributed by atoms with Crippen LogP contribution in [0.3, 0.4) is 0 Å². The number of H-pyrrole nitrogens is 1. The monoisotopic (exact) mass is 399 g/mol. The van der Waals surface area contributed by atoms with Gasteiger partial charge in [0.15, 0.2) is 4.21 Å². The van der Waals surface area contributed by atoms with E-state index in [1.807, 2.05) is 25.1 Å². The zero-order valence-corrected chi connectivity index (χ0v) is 16.6.